The summed E-state index contributed by atoms with van der Waals surface area (Å²) in [6.07, 6.45) is 0.853. The van der Waals surface area contributed by atoms with Crippen molar-refractivity contribution in [1.29, 1.82) is 0 Å². The molecule has 0 N–H and O–H groups in total. The third-order valence-corrected chi connectivity index (χ3v) is 6.14. The molecule has 0 spiro atoms. The van der Waals surface area contributed by atoms with Gasteiger partial charge in [-0.3, -0.25) is 14.6 Å². The van der Waals surface area contributed by atoms with E-state index in [2.05, 4.69) is 40.1 Å². The molecule has 0 unspecified atom stereocenters. The Kier molecular flexibility index (Phi) is 6.55. The van der Waals surface area contributed by atoms with Crippen LogP contribution in [0.4, 0.5) is 0 Å². The molecule has 0 aromatic heterocycles. The maximum Gasteiger partial charge on any atom is 0.237 e. The van der Waals surface area contributed by atoms with E-state index in [0.29, 0.717) is 13.1 Å². The predicted molar refractivity (Wildman–Crippen MR) is 117 cm³/mol. The summed E-state index contributed by atoms with van der Waals surface area (Å²) >= 11 is 0. The summed E-state index contributed by atoms with van der Waals surface area (Å²) in [4.78, 5) is 19.7. The van der Waals surface area contributed by atoms with E-state index >= 15 is 0 Å². The molecule has 1 amide bonds. The molecule has 2 aromatic carbocycles. The van der Waals surface area contributed by atoms with E-state index < -0.39 is 0 Å². The highest BCUT2D eigenvalue weighted by atomic mass is 16.5. The first kappa shape index (κ1) is 20.7. The van der Waals surface area contributed by atoms with E-state index in [0.717, 1.165) is 62.8 Å². The van der Waals surface area contributed by atoms with Crippen molar-refractivity contribution < 1.29 is 14.3 Å². The van der Waals surface area contributed by atoms with Gasteiger partial charge in [0.15, 0.2) is 11.5 Å². The van der Waals surface area contributed by atoms with Gasteiger partial charge in [-0.05, 0) is 35.2 Å². The normalized spacial score (nSPS) is 17.5. The number of carbonyl (C=O) groups is 1. The molecule has 0 saturated carbocycles. The van der Waals surface area contributed by atoms with Gasteiger partial charge in [-0.1, -0.05) is 30.3 Å². The third-order valence-electron chi connectivity index (χ3n) is 6.14. The van der Waals surface area contributed by atoms with E-state index in [-0.39, 0.29) is 5.91 Å². The molecule has 0 bridgehead atoms. The molecule has 30 heavy (non-hydrogen) atoms. The summed E-state index contributed by atoms with van der Waals surface area (Å²) in [5.41, 5.74) is 3.74. The second kappa shape index (κ2) is 9.49. The predicted octanol–water partition coefficient (Wildman–Crippen LogP) is 2.41. The van der Waals surface area contributed by atoms with Crippen molar-refractivity contribution in [1.82, 2.24) is 14.7 Å². The van der Waals surface area contributed by atoms with E-state index in [9.17, 15) is 4.79 Å². The quantitative estimate of drug-likeness (QED) is 0.733. The highest BCUT2D eigenvalue weighted by Crippen LogP contribution is 2.33. The van der Waals surface area contributed by atoms with Gasteiger partial charge in [-0.15, -0.1) is 0 Å². The molecule has 2 aliphatic rings. The van der Waals surface area contributed by atoms with Gasteiger partial charge in [0.1, 0.15) is 0 Å². The van der Waals surface area contributed by atoms with Crippen LogP contribution in [0.25, 0.3) is 0 Å². The lowest BCUT2D eigenvalue weighted by molar-refractivity contribution is -0.133. The summed E-state index contributed by atoms with van der Waals surface area (Å²) in [7, 11) is 3.30. The number of piperazine rings is 1. The third kappa shape index (κ3) is 4.77. The maximum absolute atomic E-state index is 12.9. The van der Waals surface area contributed by atoms with Crippen LogP contribution in [0.5, 0.6) is 11.5 Å². The van der Waals surface area contributed by atoms with Gasteiger partial charge >= 0.3 is 0 Å². The lowest BCUT2D eigenvalue weighted by Gasteiger charge is -2.36. The van der Waals surface area contributed by atoms with Crippen LogP contribution in [-0.4, -0.2) is 74.1 Å². The van der Waals surface area contributed by atoms with Crippen molar-refractivity contribution in [2.45, 2.75) is 19.5 Å². The van der Waals surface area contributed by atoms with Crippen LogP contribution >= 0.6 is 0 Å². The Morgan fingerprint density at radius 1 is 0.867 bits per heavy atom. The van der Waals surface area contributed by atoms with Crippen LogP contribution < -0.4 is 9.47 Å². The van der Waals surface area contributed by atoms with Crippen molar-refractivity contribution in [3.05, 3.63) is 59.2 Å². The zero-order valence-electron chi connectivity index (χ0n) is 18.0. The fourth-order valence-electron chi connectivity index (χ4n) is 4.33. The van der Waals surface area contributed by atoms with Gasteiger partial charge in [-0.2, -0.15) is 0 Å². The fourth-order valence-corrected chi connectivity index (χ4v) is 4.33. The molecule has 1 fully saturated rings. The first-order valence-electron chi connectivity index (χ1n) is 10.7. The number of carbonyl (C=O) groups excluding carboxylic acids is 1. The molecule has 0 aliphatic carbocycles. The van der Waals surface area contributed by atoms with Crippen LogP contribution in [0, 0.1) is 0 Å². The first-order valence-corrected chi connectivity index (χ1v) is 10.7. The van der Waals surface area contributed by atoms with E-state index in [1.807, 2.05) is 17.0 Å². The Morgan fingerprint density at radius 3 is 2.17 bits per heavy atom. The standard InChI is InChI=1S/C24H31N3O3/c1-29-22-14-20-8-9-27(17-21(20)15-23(22)30-2)24(28)18-26-12-10-25(11-13-26)16-19-6-4-3-5-7-19/h3-7,14-15H,8-13,16-18H2,1-2H3. The molecule has 1 saturated heterocycles. The summed E-state index contributed by atoms with van der Waals surface area (Å²) in [5.74, 6) is 1.69. The molecule has 2 heterocycles. The molecule has 2 aromatic rings. The van der Waals surface area contributed by atoms with Crippen LogP contribution in [-0.2, 0) is 24.3 Å². The average Bonchev–Trinajstić information content (AvgIpc) is 2.79. The van der Waals surface area contributed by atoms with Crippen LogP contribution in [0.1, 0.15) is 16.7 Å². The SMILES string of the molecule is COc1cc2c(cc1OC)CN(C(=O)CN1CCN(Cc3ccccc3)CC1)CC2. The number of nitrogens with zero attached hydrogens (tertiary/aromatic N) is 3. The Morgan fingerprint density at radius 2 is 1.50 bits per heavy atom. The molecular formula is C24H31N3O3. The van der Waals surface area contributed by atoms with E-state index in [4.69, 9.17) is 9.47 Å². The van der Waals surface area contributed by atoms with Crippen LogP contribution in [0.2, 0.25) is 0 Å². The van der Waals surface area contributed by atoms with Crippen molar-refractivity contribution in [2.24, 2.45) is 0 Å². The lowest BCUT2D eigenvalue weighted by atomic mass is 9.98. The highest BCUT2D eigenvalue weighted by Gasteiger charge is 2.25. The molecule has 2 aliphatic heterocycles. The van der Waals surface area contributed by atoms with E-state index in [1.54, 1.807) is 14.2 Å². The molecule has 0 atom stereocenters. The number of fused-ring (bicyclic) bond motifs is 1. The van der Waals surface area contributed by atoms with Crippen LogP contribution in [0.3, 0.4) is 0 Å². The zero-order chi connectivity index (χ0) is 20.9. The smallest absolute Gasteiger partial charge is 0.237 e. The molecule has 4 rings (SSSR count). The maximum atomic E-state index is 12.9. The number of hydrogen-bond acceptors (Lipinski definition) is 5. The molecule has 6 heteroatoms. The van der Waals surface area contributed by atoms with Crippen molar-refractivity contribution >= 4 is 5.91 Å². The lowest BCUT2D eigenvalue weighted by Crippen LogP contribution is -2.50. The van der Waals surface area contributed by atoms with Gasteiger partial charge in [0.25, 0.3) is 0 Å². The monoisotopic (exact) mass is 409 g/mol. The number of methoxy groups -OCH3 is 2. The molecule has 160 valence electrons. The Balaban J connectivity index is 1.29. The largest absolute Gasteiger partial charge is 0.493 e. The van der Waals surface area contributed by atoms with Gasteiger partial charge in [0, 0.05) is 45.8 Å². The number of amides is 1. The minimum absolute atomic E-state index is 0.215. The Bertz CT molecular complexity index is 863. The first-order chi connectivity index (χ1) is 14.7. The second-order valence-corrected chi connectivity index (χ2v) is 8.08. The van der Waals surface area contributed by atoms with Crippen molar-refractivity contribution in [3.63, 3.8) is 0 Å². The molecular weight excluding hydrogens is 378 g/mol. The number of ether oxygens (including phenoxy) is 2. The summed E-state index contributed by atoms with van der Waals surface area (Å²) in [6, 6.07) is 14.6. The fraction of sp³-hybridized carbons (Fsp3) is 0.458. The van der Waals surface area contributed by atoms with E-state index in [1.165, 1.54) is 11.1 Å². The number of benzene rings is 2. The summed E-state index contributed by atoms with van der Waals surface area (Å²) < 4.78 is 10.8. The van der Waals surface area contributed by atoms with Crippen LogP contribution in [0.15, 0.2) is 42.5 Å². The van der Waals surface area contributed by atoms with Crippen molar-refractivity contribution in [3.8, 4) is 11.5 Å². The minimum atomic E-state index is 0.215. The highest BCUT2D eigenvalue weighted by molar-refractivity contribution is 5.78. The topological polar surface area (TPSA) is 45.3 Å². The van der Waals surface area contributed by atoms with Gasteiger partial charge in [0.2, 0.25) is 5.91 Å². The number of hydrogen-bond donors (Lipinski definition) is 0. The summed E-state index contributed by atoms with van der Waals surface area (Å²) in [5, 5.41) is 0. The number of rotatable bonds is 6. The molecule has 6 nitrogen and oxygen atoms in total. The minimum Gasteiger partial charge on any atom is -0.493 e. The second-order valence-electron chi connectivity index (χ2n) is 8.08. The van der Waals surface area contributed by atoms with Gasteiger partial charge < -0.3 is 14.4 Å². The Hall–Kier alpha value is -2.57. The average molecular weight is 410 g/mol. The zero-order valence-corrected chi connectivity index (χ0v) is 18.0. The van der Waals surface area contributed by atoms with Crippen molar-refractivity contribution in [2.75, 3.05) is 53.5 Å². The summed E-state index contributed by atoms with van der Waals surface area (Å²) in [6.45, 7) is 6.77. The van der Waals surface area contributed by atoms with Gasteiger partial charge in [0.05, 0.1) is 20.8 Å². The van der Waals surface area contributed by atoms with Gasteiger partial charge in [-0.25, -0.2) is 0 Å². The Labute approximate surface area is 179 Å². The molecule has 0 radical (unpaired) electrons.